The first-order valence-corrected chi connectivity index (χ1v) is 10.3. The van der Waals surface area contributed by atoms with Gasteiger partial charge in [0.1, 0.15) is 6.54 Å². The third kappa shape index (κ3) is 4.44. The van der Waals surface area contributed by atoms with E-state index < -0.39 is 5.97 Å². The predicted molar refractivity (Wildman–Crippen MR) is 126 cm³/mol. The van der Waals surface area contributed by atoms with Gasteiger partial charge in [0.15, 0.2) is 5.43 Å². The molecule has 0 aliphatic carbocycles. The van der Waals surface area contributed by atoms with Gasteiger partial charge in [0.05, 0.1) is 17.6 Å². The number of anilines is 1. The number of para-hydroxylation sites is 2. The highest BCUT2D eigenvalue weighted by Crippen LogP contribution is 2.19. The van der Waals surface area contributed by atoms with Gasteiger partial charge in [-0.15, -0.1) is 0 Å². The molecule has 0 saturated heterocycles. The number of esters is 1. The second-order valence-corrected chi connectivity index (χ2v) is 7.21. The van der Waals surface area contributed by atoms with Crippen molar-refractivity contribution in [3.8, 4) is 0 Å². The van der Waals surface area contributed by atoms with Gasteiger partial charge < -0.3 is 14.6 Å². The zero-order valence-electron chi connectivity index (χ0n) is 17.6. The number of pyridine rings is 1. The third-order valence-corrected chi connectivity index (χ3v) is 5.07. The van der Waals surface area contributed by atoms with Crippen molar-refractivity contribution in [2.75, 3.05) is 11.9 Å². The Morgan fingerprint density at radius 3 is 2.09 bits per heavy atom. The molecule has 4 rings (SSSR count). The predicted octanol–water partition coefficient (Wildman–Crippen LogP) is 4.37. The van der Waals surface area contributed by atoms with Crippen LogP contribution in [0.4, 0.5) is 5.69 Å². The molecule has 32 heavy (non-hydrogen) atoms. The Hall–Kier alpha value is -4.19. The lowest BCUT2D eigenvalue weighted by Crippen LogP contribution is -2.21. The van der Waals surface area contributed by atoms with Crippen LogP contribution in [0.25, 0.3) is 27.9 Å². The van der Waals surface area contributed by atoms with Crippen molar-refractivity contribution in [1.29, 1.82) is 0 Å². The summed E-state index contributed by atoms with van der Waals surface area (Å²) in [5.74, 6) is -0.607. The summed E-state index contributed by atoms with van der Waals surface area (Å²) in [4.78, 5) is 37.1. The smallest absolute Gasteiger partial charge is 0.330 e. The molecule has 0 unspecified atom stereocenters. The number of fused-ring (bicyclic) bond motifs is 2. The zero-order valence-corrected chi connectivity index (χ0v) is 17.6. The molecule has 0 fully saturated rings. The van der Waals surface area contributed by atoms with Crippen LogP contribution in [0.1, 0.15) is 12.5 Å². The maximum absolute atomic E-state index is 12.8. The second kappa shape index (κ2) is 9.31. The van der Waals surface area contributed by atoms with Crippen molar-refractivity contribution in [3.05, 3.63) is 94.7 Å². The minimum atomic E-state index is -0.398. The normalized spacial score (nSPS) is 11.2. The maximum atomic E-state index is 12.8. The Labute approximate surface area is 184 Å². The molecule has 160 valence electrons. The molecular weight excluding hydrogens is 404 g/mol. The van der Waals surface area contributed by atoms with E-state index in [1.165, 1.54) is 6.08 Å². The number of hydrogen-bond donors (Lipinski definition) is 1. The van der Waals surface area contributed by atoms with Crippen LogP contribution in [0.15, 0.2) is 83.7 Å². The van der Waals surface area contributed by atoms with E-state index in [0.29, 0.717) is 34.1 Å². The molecule has 1 N–H and O–H groups in total. The Balaban J connectivity index is 1.56. The number of rotatable bonds is 6. The number of aromatic nitrogens is 1. The summed E-state index contributed by atoms with van der Waals surface area (Å²) in [5.41, 5.74) is 2.84. The molecule has 0 spiro atoms. The molecule has 0 radical (unpaired) electrons. The van der Waals surface area contributed by atoms with Crippen molar-refractivity contribution in [2.45, 2.75) is 13.5 Å². The highest BCUT2D eigenvalue weighted by atomic mass is 16.5. The van der Waals surface area contributed by atoms with E-state index >= 15 is 0 Å². The topological polar surface area (TPSA) is 77.4 Å². The molecule has 0 bridgehead atoms. The molecule has 6 heteroatoms. The van der Waals surface area contributed by atoms with Crippen LogP contribution >= 0.6 is 0 Å². The SMILES string of the molecule is CCOC(=O)/C=C/c1ccc(NC(=O)Cn2c3ccccc3c(=O)c3ccccc32)cc1. The fourth-order valence-electron chi connectivity index (χ4n) is 3.62. The molecule has 0 atom stereocenters. The van der Waals surface area contributed by atoms with E-state index in [2.05, 4.69) is 5.32 Å². The van der Waals surface area contributed by atoms with Crippen LogP contribution in [-0.2, 0) is 20.9 Å². The lowest BCUT2D eigenvalue weighted by molar-refractivity contribution is -0.137. The Morgan fingerprint density at radius 2 is 1.50 bits per heavy atom. The lowest BCUT2D eigenvalue weighted by atomic mass is 10.1. The van der Waals surface area contributed by atoms with Crippen molar-refractivity contribution >= 4 is 45.4 Å². The number of nitrogens with zero attached hydrogens (tertiary/aromatic N) is 1. The van der Waals surface area contributed by atoms with Gasteiger partial charge in [-0.05, 0) is 55.0 Å². The summed E-state index contributed by atoms with van der Waals surface area (Å²) in [6.07, 6.45) is 3.02. The Bertz CT molecular complexity index is 1320. The number of nitrogens with one attached hydrogen (secondary N) is 1. The second-order valence-electron chi connectivity index (χ2n) is 7.21. The highest BCUT2D eigenvalue weighted by Gasteiger charge is 2.13. The van der Waals surface area contributed by atoms with E-state index in [4.69, 9.17) is 4.74 Å². The van der Waals surface area contributed by atoms with Gasteiger partial charge in [0.2, 0.25) is 5.91 Å². The fourth-order valence-corrected chi connectivity index (χ4v) is 3.62. The summed E-state index contributed by atoms with van der Waals surface area (Å²) in [6.45, 7) is 2.14. The van der Waals surface area contributed by atoms with E-state index in [-0.39, 0.29) is 17.9 Å². The summed E-state index contributed by atoms with van der Waals surface area (Å²) in [6, 6.07) is 21.7. The van der Waals surface area contributed by atoms with Crippen LogP contribution in [-0.4, -0.2) is 23.1 Å². The summed E-state index contributed by atoms with van der Waals surface area (Å²) >= 11 is 0. The molecule has 0 aliphatic rings. The van der Waals surface area contributed by atoms with E-state index in [1.54, 1.807) is 49.4 Å². The number of ether oxygens (including phenoxy) is 1. The first-order chi connectivity index (χ1) is 15.6. The monoisotopic (exact) mass is 426 g/mol. The van der Waals surface area contributed by atoms with Crippen molar-refractivity contribution in [2.24, 2.45) is 0 Å². The standard InChI is InChI=1S/C26H22N2O4/c1-2-32-25(30)16-13-18-11-14-19(15-12-18)27-24(29)17-28-22-9-5-3-7-20(22)26(31)21-8-4-6-10-23(21)28/h3-16H,2,17H2,1H3,(H,27,29)/b16-13+. The molecule has 1 heterocycles. The molecule has 0 saturated carbocycles. The fraction of sp³-hybridized carbons (Fsp3) is 0.115. The van der Waals surface area contributed by atoms with Crippen molar-refractivity contribution < 1.29 is 14.3 Å². The van der Waals surface area contributed by atoms with Gasteiger partial charge in [0, 0.05) is 22.5 Å². The Kier molecular flexibility index (Phi) is 6.12. The molecular formula is C26H22N2O4. The minimum absolute atomic E-state index is 0.0423. The highest BCUT2D eigenvalue weighted by molar-refractivity contribution is 5.97. The number of benzene rings is 3. The van der Waals surface area contributed by atoms with Crippen molar-refractivity contribution in [1.82, 2.24) is 4.57 Å². The van der Waals surface area contributed by atoms with Gasteiger partial charge in [-0.1, -0.05) is 36.4 Å². The van der Waals surface area contributed by atoms with Crippen LogP contribution < -0.4 is 10.7 Å². The van der Waals surface area contributed by atoms with Gasteiger partial charge in [0.25, 0.3) is 0 Å². The number of amides is 1. The number of carbonyl (C=O) groups excluding carboxylic acids is 2. The molecule has 0 aliphatic heterocycles. The summed E-state index contributed by atoms with van der Waals surface area (Å²) in [5, 5.41) is 4.05. The van der Waals surface area contributed by atoms with Crippen LogP contribution in [0.5, 0.6) is 0 Å². The summed E-state index contributed by atoms with van der Waals surface area (Å²) < 4.78 is 6.72. The van der Waals surface area contributed by atoms with Gasteiger partial charge >= 0.3 is 5.97 Å². The first kappa shape index (κ1) is 21.1. The van der Waals surface area contributed by atoms with E-state index in [9.17, 15) is 14.4 Å². The van der Waals surface area contributed by atoms with Gasteiger partial charge in [-0.25, -0.2) is 4.79 Å². The maximum Gasteiger partial charge on any atom is 0.330 e. The first-order valence-electron chi connectivity index (χ1n) is 10.3. The van der Waals surface area contributed by atoms with Gasteiger partial charge in [-0.2, -0.15) is 0 Å². The lowest BCUT2D eigenvalue weighted by Gasteiger charge is -2.15. The molecule has 1 amide bonds. The average molecular weight is 426 g/mol. The van der Waals surface area contributed by atoms with Crippen LogP contribution in [0.2, 0.25) is 0 Å². The molecule has 4 aromatic rings. The Morgan fingerprint density at radius 1 is 0.906 bits per heavy atom. The number of carbonyl (C=O) groups is 2. The third-order valence-electron chi connectivity index (χ3n) is 5.07. The van der Waals surface area contributed by atoms with Crippen LogP contribution in [0.3, 0.4) is 0 Å². The summed E-state index contributed by atoms with van der Waals surface area (Å²) in [7, 11) is 0. The van der Waals surface area contributed by atoms with Gasteiger partial charge in [-0.3, -0.25) is 9.59 Å². The molecule has 3 aromatic carbocycles. The largest absolute Gasteiger partial charge is 0.463 e. The molecule has 1 aromatic heterocycles. The molecule has 6 nitrogen and oxygen atoms in total. The van der Waals surface area contributed by atoms with E-state index in [0.717, 1.165) is 5.56 Å². The number of hydrogen-bond acceptors (Lipinski definition) is 4. The van der Waals surface area contributed by atoms with Crippen molar-refractivity contribution in [3.63, 3.8) is 0 Å². The zero-order chi connectivity index (χ0) is 22.5. The average Bonchev–Trinajstić information content (AvgIpc) is 2.81. The van der Waals surface area contributed by atoms with Crippen LogP contribution in [0, 0.1) is 0 Å². The van der Waals surface area contributed by atoms with E-state index in [1.807, 2.05) is 41.0 Å². The minimum Gasteiger partial charge on any atom is -0.463 e. The quantitative estimate of drug-likeness (QED) is 0.282.